The number of carbonyl (C=O) groups is 1. The number of nitrogens with one attached hydrogen (secondary N) is 1. The molecule has 2 aliphatic heterocycles. The monoisotopic (exact) mass is 226 g/mol. The zero-order chi connectivity index (χ0) is 11.4. The molecule has 0 aromatic heterocycles. The number of hydrogen-bond acceptors (Lipinski definition) is 3. The van der Waals surface area contributed by atoms with Crippen molar-refractivity contribution in [2.24, 2.45) is 5.41 Å². The number of ether oxygens (including phenoxy) is 1. The molecule has 4 nitrogen and oxygen atoms in total. The Balaban J connectivity index is 1.70. The average Bonchev–Trinajstić information content (AvgIpc) is 2.77. The highest BCUT2D eigenvalue weighted by atomic mass is 16.5. The first-order chi connectivity index (χ1) is 7.74. The van der Waals surface area contributed by atoms with E-state index in [1.165, 1.54) is 19.3 Å². The Morgan fingerprint density at radius 3 is 2.69 bits per heavy atom. The number of likely N-dealkylation sites (tertiary alicyclic amines) is 1. The summed E-state index contributed by atoms with van der Waals surface area (Å²) in [6.45, 7) is 5.05. The van der Waals surface area contributed by atoms with E-state index in [9.17, 15) is 4.79 Å². The van der Waals surface area contributed by atoms with Crippen LogP contribution in [0.3, 0.4) is 0 Å². The van der Waals surface area contributed by atoms with E-state index in [0.29, 0.717) is 11.8 Å². The van der Waals surface area contributed by atoms with E-state index in [1.54, 1.807) is 7.05 Å². The van der Waals surface area contributed by atoms with Gasteiger partial charge in [-0.15, -0.1) is 0 Å². The van der Waals surface area contributed by atoms with Crippen LogP contribution in [0.1, 0.15) is 25.7 Å². The molecule has 1 N–H and O–H groups in total. The van der Waals surface area contributed by atoms with Crippen molar-refractivity contribution in [2.45, 2.75) is 25.7 Å². The van der Waals surface area contributed by atoms with Crippen LogP contribution in [0.5, 0.6) is 0 Å². The van der Waals surface area contributed by atoms with E-state index in [-0.39, 0.29) is 5.91 Å². The van der Waals surface area contributed by atoms with Gasteiger partial charge in [0.1, 0.15) is 0 Å². The van der Waals surface area contributed by atoms with Crippen LogP contribution >= 0.6 is 0 Å². The quantitative estimate of drug-likeness (QED) is 0.767. The lowest BCUT2D eigenvalue weighted by Crippen LogP contribution is -2.41. The molecule has 0 atom stereocenters. The van der Waals surface area contributed by atoms with Crippen molar-refractivity contribution in [3.05, 3.63) is 0 Å². The molecule has 2 rings (SSSR count). The molecular weight excluding hydrogens is 204 g/mol. The SMILES string of the molecule is CNC(=O)CCN1CCC2(CCOC2)CC1. The second-order valence-corrected chi connectivity index (χ2v) is 5.07. The van der Waals surface area contributed by atoms with E-state index >= 15 is 0 Å². The van der Waals surface area contributed by atoms with Crippen LogP contribution in [0.4, 0.5) is 0 Å². The van der Waals surface area contributed by atoms with Gasteiger partial charge >= 0.3 is 0 Å². The Morgan fingerprint density at radius 2 is 2.12 bits per heavy atom. The van der Waals surface area contributed by atoms with E-state index in [0.717, 1.165) is 32.8 Å². The van der Waals surface area contributed by atoms with Crippen molar-refractivity contribution in [2.75, 3.05) is 39.9 Å². The molecule has 0 radical (unpaired) electrons. The fraction of sp³-hybridized carbons (Fsp3) is 0.917. The molecule has 0 aromatic rings. The Kier molecular flexibility index (Phi) is 3.82. The number of nitrogens with zero attached hydrogens (tertiary/aromatic N) is 1. The lowest BCUT2D eigenvalue weighted by atomic mass is 9.78. The first-order valence-corrected chi connectivity index (χ1v) is 6.25. The summed E-state index contributed by atoms with van der Waals surface area (Å²) >= 11 is 0. The van der Waals surface area contributed by atoms with Crippen LogP contribution in [0, 0.1) is 5.41 Å². The second-order valence-electron chi connectivity index (χ2n) is 5.07. The van der Waals surface area contributed by atoms with Crippen molar-refractivity contribution >= 4 is 5.91 Å². The average molecular weight is 226 g/mol. The molecular formula is C12H22N2O2. The van der Waals surface area contributed by atoms with Gasteiger partial charge < -0.3 is 15.0 Å². The Labute approximate surface area is 97.3 Å². The zero-order valence-corrected chi connectivity index (χ0v) is 10.1. The smallest absolute Gasteiger partial charge is 0.221 e. The standard InChI is InChI=1S/C12H22N2O2/c1-13-11(15)2-6-14-7-3-12(4-8-14)5-9-16-10-12/h2-10H2,1H3,(H,13,15). The molecule has 16 heavy (non-hydrogen) atoms. The molecule has 0 saturated carbocycles. The van der Waals surface area contributed by atoms with Crippen molar-refractivity contribution in [1.29, 1.82) is 0 Å². The maximum Gasteiger partial charge on any atom is 0.221 e. The van der Waals surface area contributed by atoms with Gasteiger partial charge in [0.2, 0.25) is 5.91 Å². The lowest BCUT2D eigenvalue weighted by molar-refractivity contribution is -0.121. The summed E-state index contributed by atoms with van der Waals surface area (Å²) < 4.78 is 5.51. The number of amides is 1. The van der Waals surface area contributed by atoms with Gasteiger partial charge in [0.25, 0.3) is 0 Å². The van der Waals surface area contributed by atoms with Crippen molar-refractivity contribution in [3.63, 3.8) is 0 Å². The molecule has 2 saturated heterocycles. The Bertz CT molecular complexity index is 239. The van der Waals surface area contributed by atoms with Crippen LogP contribution in [0.15, 0.2) is 0 Å². The van der Waals surface area contributed by atoms with Crippen molar-refractivity contribution in [3.8, 4) is 0 Å². The number of carbonyl (C=O) groups excluding carboxylic acids is 1. The number of piperidine rings is 1. The molecule has 0 bridgehead atoms. The topological polar surface area (TPSA) is 41.6 Å². The van der Waals surface area contributed by atoms with Gasteiger partial charge in [-0.1, -0.05) is 0 Å². The normalized spacial score (nSPS) is 24.8. The molecule has 0 aliphatic carbocycles. The minimum Gasteiger partial charge on any atom is -0.381 e. The first kappa shape index (κ1) is 11.9. The molecule has 1 amide bonds. The van der Waals surface area contributed by atoms with Crippen LogP contribution in [0.25, 0.3) is 0 Å². The lowest BCUT2D eigenvalue weighted by Gasteiger charge is -2.38. The predicted molar refractivity (Wildman–Crippen MR) is 62.2 cm³/mol. The van der Waals surface area contributed by atoms with Gasteiger partial charge in [-0.3, -0.25) is 4.79 Å². The molecule has 2 aliphatic rings. The number of rotatable bonds is 3. The minimum atomic E-state index is 0.143. The van der Waals surface area contributed by atoms with Crippen molar-refractivity contribution in [1.82, 2.24) is 10.2 Å². The Hall–Kier alpha value is -0.610. The third kappa shape index (κ3) is 2.74. The molecule has 0 unspecified atom stereocenters. The van der Waals surface area contributed by atoms with Crippen LogP contribution in [0.2, 0.25) is 0 Å². The summed E-state index contributed by atoms with van der Waals surface area (Å²) in [5.41, 5.74) is 0.476. The molecule has 0 aromatic carbocycles. The van der Waals surface area contributed by atoms with Gasteiger partial charge in [-0.2, -0.15) is 0 Å². The molecule has 1 spiro atoms. The summed E-state index contributed by atoms with van der Waals surface area (Å²) in [7, 11) is 1.70. The van der Waals surface area contributed by atoms with Gasteiger partial charge in [0.15, 0.2) is 0 Å². The summed E-state index contributed by atoms with van der Waals surface area (Å²) in [6.07, 6.45) is 4.33. The summed E-state index contributed by atoms with van der Waals surface area (Å²) in [6, 6.07) is 0. The van der Waals surface area contributed by atoms with Crippen LogP contribution in [-0.2, 0) is 9.53 Å². The van der Waals surface area contributed by atoms with Crippen molar-refractivity contribution < 1.29 is 9.53 Å². The van der Waals surface area contributed by atoms with Gasteiger partial charge in [-0.25, -0.2) is 0 Å². The molecule has 2 fully saturated rings. The summed E-state index contributed by atoms with van der Waals surface area (Å²) in [5.74, 6) is 0.143. The highest BCUT2D eigenvalue weighted by molar-refractivity contribution is 5.75. The van der Waals surface area contributed by atoms with E-state index in [4.69, 9.17) is 4.74 Å². The highest BCUT2D eigenvalue weighted by Crippen LogP contribution is 2.38. The molecule has 2 heterocycles. The van der Waals surface area contributed by atoms with E-state index in [1.807, 2.05) is 0 Å². The van der Waals surface area contributed by atoms with Gasteiger partial charge in [0, 0.05) is 26.6 Å². The fourth-order valence-electron chi connectivity index (χ4n) is 2.68. The maximum absolute atomic E-state index is 11.1. The zero-order valence-electron chi connectivity index (χ0n) is 10.1. The van der Waals surface area contributed by atoms with E-state index < -0.39 is 0 Å². The van der Waals surface area contributed by atoms with Gasteiger partial charge in [0.05, 0.1) is 6.61 Å². The fourth-order valence-corrected chi connectivity index (χ4v) is 2.68. The first-order valence-electron chi connectivity index (χ1n) is 6.25. The third-order valence-electron chi connectivity index (χ3n) is 4.04. The third-order valence-corrected chi connectivity index (χ3v) is 4.04. The van der Waals surface area contributed by atoms with Crippen LogP contribution < -0.4 is 5.32 Å². The number of hydrogen-bond donors (Lipinski definition) is 1. The van der Waals surface area contributed by atoms with Crippen LogP contribution in [-0.4, -0.2) is 50.7 Å². The highest BCUT2D eigenvalue weighted by Gasteiger charge is 2.37. The largest absolute Gasteiger partial charge is 0.381 e. The van der Waals surface area contributed by atoms with Gasteiger partial charge in [-0.05, 0) is 37.8 Å². The Morgan fingerprint density at radius 1 is 1.38 bits per heavy atom. The molecule has 92 valence electrons. The van der Waals surface area contributed by atoms with E-state index in [2.05, 4.69) is 10.2 Å². The maximum atomic E-state index is 11.1. The summed E-state index contributed by atoms with van der Waals surface area (Å²) in [5, 5.41) is 2.67. The second kappa shape index (κ2) is 5.15. The minimum absolute atomic E-state index is 0.143. The molecule has 4 heteroatoms. The summed E-state index contributed by atoms with van der Waals surface area (Å²) in [4.78, 5) is 13.5. The predicted octanol–water partition coefficient (Wildman–Crippen LogP) is 0.625.